The second-order valence-corrected chi connectivity index (χ2v) is 5.98. The minimum absolute atomic E-state index is 0.166. The molecule has 5 heteroatoms. The minimum atomic E-state index is -0.652. The van der Waals surface area contributed by atoms with Gasteiger partial charge < -0.3 is 10.7 Å². The van der Waals surface area contributed by atoms with Crippen molar-refractivity contribution in [1.82, 2.24) is 9.97 Å². The molecule has 0 atom stereocenters. The van der Waals surface area contributed by atoms with E-state index in [0.717, 1.165) is 16.8 Å². The molecule has 4 nitrogen and oxygen atoms in total. The highest BCUT2D eigenvalue weighted by atomic mass is 19.1. The van der Waals surface area contributed by atoms with E-state index in [9.17, 15) is 9.18 Å². The van der Waals surface area contributed by atoms with Crippen molar-refractivity contribution in [2.45, 2.75) is 27.2 Å². The number of H-pyrrole nitrogens is 1. The zero-order chi connectivity index (χ0) is 18.1. The highest BCUT2D eigenvalue weighted by Gasteiger charge is 2.20. The third kappa shape index (κ3) is 2.99. The summed E-state index contributed by atoms with van der Waals surface area (Å²) in [5, 5.41) is 0.712. The largest absolute Gasteiger partial charge is 0.366 e. The minimum Gasteiger partial charge on any atom is -0.366 e. The summed E-state index contributed by atoms with van der Waals surface area (Å²) >= 11 is 0. The van der Waals surface area contributed by atoms with Gasteiger partial charge in [-0.1, -0.05) is 12.0 Å². The van der Waals surface area contributed by atoms with Crippen LogP contribution in [-0.4, -0.2) is 15.9 Å². The van der Waals surface area contributed by atoms with Crippen LogP contribution in [0.1, 0.15) is 45.4 Å². The van der Waals surface area contributed by atoms with Gasteiger partial charge in [-0.3, -0.25) is 4.79 Å². The van der Waals surface area contributed by atoms with Gasteiger partial charge in [0.1, 0.15) is 11.5 Å². The van der Waals surface area contributed by atoms with Gasteiger partial charge in [0.25, 0.3) is 5.91 Å². The SMILES string of the molecule is CC#Cc1ccc(Cc2c(F)cc(C(N)=O)c3[nH]c(C)c(C)c23)cn1. The van der Waals surface area contributed by atoms with Crippen molar-refractivity contribution in [2.24, 2.45) is 5.73 Å². The number of nitrogens with two attached hydrogens (primary N) is 1. The standard InChI is InChI=1S/C20H18FN3O/c1-4-5-14-7-6-13(10-23-14)8-15-17(21)9-16(20(22)25)19-18(15)11(2)12(3)24-19/h6-7,9-10,24H,8H2,1-3H3,(H2,22,25). The number of aryl methyl sites for hydroxylation is 2. The molecule has 0 spiro atoms. The van der Waals surface area contributed by atoms with Crippen molar-refractivity contribution in [3.63, 3.8) is 0 Å². The van der Waals surface area contributed by atoms with Crippen LogP contribution in [-0.2, 0) is 6.42 Å². The van der Waals surface area contributed by atoms with Gasteiger partial charge in [-0.15, -0.1) is 0 Å². The van der Waals surface area contributed by atoms with Gasteiger partial charge in [0.05, 0.1) is 11.1 Å². The summed E-state index contributed by atoms with van der Waals surface area (Å²) in [5.41, 5.74) is 10.0. The first kappa shape index (κ1) is 16.7. The summed E-state index contributed by atoms with van der Waals surface area (Å²) in [6.07, 6.45) is 2.06. The Morgan fingerprint density at radius 2 is 2.12 bits per heavy atom. The number of pyridine rings is 1. The molecule has 0 radical (unpaired) electrons. The Hall–Kier alpha value is -3.13. The normalized spacial score (nSPS) is 10.6. The van der Waals surface area contributed by atoms with Gasteiger partial charge in [-0.25, -0.2) is 9.37 Å². The summed E-state index contributed by atoms with van der Waals surface area (Å²) in [4.78, 5) is 19.1. The fourth-order valence-corrected chi connectivity index (χ4v) is 3.01. The Bertz CT molecular complexity index is 1040. The number of carbonyl (C=O) groups is 1. The van der Waals surface area contributed by atoms with E-state index in [1.54, 1.807) is 13.1 Å². The van der Waals surface area contributed by atoms with Gasteiger partial charge in [0, 0.05) is 29.3 Å². The van der Waals surface area contributed by atoms with Crippen molar-refractivity contribution in [3.05, 3.63) is 63.9 Å². The van der Waals surface area contributed by atoms with Gasteiger partial charge in [-0.2, -0.15) is 0 Å². The quantitative estimate of drug-likeness (QED) is 0.720. The Labute approximate surface area is 145 Å². The van der Waals surface area contributed by atoms with Crippen LogP contribution in [0.2, 0.25) is 0 Å². The molecule has 25 heavy (non-hydrogen) atoms. The maximum Gasteiger partial charge on any atom is 0.250 e. The number of fused-ring (bicyclic) bond motifs is 1. The molecule has 2 aromatic heterocycles. The molecule has 3 aromatic rings. The third-order valence-electron chi connectivity index (χ3n) is 4.35. The molecule has 2 heterocycles. The highest BCUT2D eigenvalue weighted by molar-refractivity contribution is 6.07. The maximum atomic E-state index is 14.8. The summed E-state index contributed by atoms with van der Waals surface area (Å²) in [5.74, 6) is 4.58. The van der Waals surface area contributed by atoms with Crippen LogP contribution in [0.5, 0.6) is 0 Å². The fraction of sp³-hybridized carbons (Fsp3) is 0.200. The number of primary amides is 1. The average molecular weight is 335 g/mol. The Balaban J connectivity index is 2.15. The van der Waals surface area contributed by atoms with Crippen molar-refractivity contribution in [2.75, 3.05) is 0 Å². The van der Waals surface area contributed by atoms with Crippen molar-refractivity contribution in [3.8, 4) is 11.8 Å². The molecule has 0 aliphatic rings. The smallest absolute Gasteiger partial charge is 0.250 e. The summed E-state index contributed by atoms with van der Waals surface area (Å²) in [7, 11) is 0. The first-order valence-corrected chi connectivity index (χ1v) is 7.90. The van der Waals surface area contributed by atoms with Gasteiger partial charge in [0.2, 0.25) is 0 Å². The maximum absolute atomic E-state index is 14.8. The zero-order valence-corrected chi connectivity index (χ0v) is 14.3. The highest BCUT2D eigenvalue weighted by Crippen LogP contribution is 2.31. The lowest BCUT2D eigenvalue weighted by Gasteiger charge is -2.09. The van der Waals surface area contributed by atoms with E-state index in [4.69, 9.17) is 5.73 Å². The summed E-state index contributed by atoms with van der Waals surface area (Å²) in [6.45, 7) is 5.54. The molecule has 0 saturated heterocycles. The molecule has 0 unspecified atom stereocenters. The second kappa shape index (κ2) is 6.40. The van der Waals surface area contributed by atoms with E-state index in [1.807, 2.05) is 26.0 Å². The molecule has 0 aliphatic carbocycles. The zero-order valence-electron chi connectivity index (χ0n) is 14.3. The van der Waals surface area contributed by atoms with Gasteiger partial charge in [-0.05, 0) is 50.0 Å². The van der Waals surface area contributed by atoms with Crippen LogP contribution in [0, 0.1) is 31.5 Å². The van der Waals surface area contributed by atoms with Crippen molar-refractivity contribution < 1.29 is 9.18 Å². The number of nitrogens with zero attached hydrogens (tertiary/aromatic N) is 1. The second-order valence-electron chi connectivity index (χ2n) is 5.98. The number of benzene rings is 1. The Kier molecular flexibility index (Phi) is 4.28. The van der Waals surface area contributed by atoms with E-state index in [-0.39, 0.29) is 5.56 Å². The number of aromatic nitrogens is 2. The van der Waals surface area contributed by atoms with E-state index in [1.165, 1.54) is 6.07 Å². The molecule has 1 amide bonds. The van der Waals surface area contributed by atoms with Crippen LogP contribution in [0.15, 0.2) is 24.4 Å². The number of carbonyl (C=O) groups excluding carboxylic acids is 1. The average Bonchev–Trinajstić information content (AvgIpc) is 2.87. The molecule has 0 saturated carbocycles. The van der Waals surface area contributed by atoms with Gasteiger partial charge in [0.15, 0.2) is 0 Å². The lowest BCUT2D eigenvalue weighted by molar-refractivity contribution is 0.100. The monoisotopic (exact) mass is 335 g/mol. The summed E-state index contributed by atoms with van der Waals surface area (Å²) in [6, 6.07) is 4.91. The number of hydrogen-bond donors (Lipinski definition) is 2. The van der Waals surface area contributed by atoms with Crippen LogP contribution >= 0.6 is 0 Å². The fourth-order valence-electron chi connectivity index (χ4n) is 3.01. The molecule has 3 rings (SSSR count). The first-order valence-electron chi connectivity index (χ1n) is 7.90. The number of nitrogens with one attached hydrogen (secondary N) is 1. The Morgan fingerprint density at radius 1 is 1.36 bits per heavy atom. The molecule has 3 N–H and O–H groups in total. The van der Waals surface area contributed by atoms with Crippen molar-refractivity contribution in [1.29, 1.82) is 0 Å². The number of halogens is 1. The number of rotatable bonds is 3. The first-order chi connectivity index (χ1) is 11.9. The lowest BCUT2D eigenvalue weighted by atomic mass is 9.96. The molecule has 0 fully saturated rings. The predicted octanol–water partition coefficient (Wildman–Crippen LogP) is 3.38. The van der Waals surface area contributed by atoms with E-state index >= 15 is 0 Å². The molecule has 0 bridgehead atoms. The van der Waals surface area contributed by atoms with E-state index in [0.29, 0.717) is 28.6 Å². The van der Waals surface area contributed by atoms with Crippen LogP contribution in [0.4, 0.5) is 4.39 Å². The van der Waals surface area contributed by atoms with Crippen molar-refractivity contribution >= 4 is 16.8 Å². The van der Waals surface area contributed by atoms with Crippen LogP contribution < -0.4 is 5.73 Å². The van der Waals surface area contributed by atoms with Crippen LogP contribution in [0.3, 0.4) is 0 Å². The number of amides is 1. The molecular weight excluding hydrogens is 317 g/mol. The summed E-state index contributed by atoms with van der Waals surface area (Å²) < 4.78 is 14.8. The molecule has 0 aliphatic heterocycles. The van der Waals surface area contributed by atoms with E-state index < -0.39 is 11.7 Å². The molecule has 126 valence electrons. The third-order valence-corrected chi connectivity index (χ3v) is 4.35. The lowest BCUT2D eigenvalue weighted by Crippen LogP contribution is -2.13. The number of hydrogen-bond acceptors (Lipinski definition) is 2. The van der Waals surface area contributed by atoms with Crippen LogP contribution in [0.25, 0.3) is 10.9 Å². The van der Waals surface area contributed by atoms with E-state index in [2.05, 4.69) is 21.8 Å². The molecule has 1 aromatic carbocycles. The molecular formula is C20H18FN3O. The predicted molar refractivity (Wildman–Crippen MR) is 95.8 cm³/mol. The Morgan fingerprint density at radius 3 is 2.72 bits per heavy atom. The number of aromatic amines is 1. The topological polar surface area (TPSA) is 71.8 Å². The van der Waals surface area contributed by atoms with Gasteiger partial charge >= 0.3 is 0 Å².